The van der Waals surface area contributed by atoms with Crippen molar-refractivity contribution in [3.05, 3.63) is 0 Å². The Morgan fingerprint density at radius 1 is 1.20 bits per heavy atom. The first kappa shape index (κ1) is 9.39. The lowest BCUT2D eigenvalue weighted by molar-refractivity contribution is -0.218. The molecule has 0 saturated carbocycles. The van der Waals surface area contributed by atoms with Gasteiger partial charge in [-0.1, -0.05) is 0 Å². The van der Waals surface area contributed by atoms with Gasteiger partial charge in [-0.25, -0.2) is 4.39 Å². The van der Waals surface area contributed by atoms with E-state index >= 15 is 0 Å². The number of ketones is 1. The van der Waals surface area contributed by atoms with Gasteiger partial charge >= 0.3 is 6.18 Å². The Morgan fingerprint density at radius 3 is 1.50 bits per heavy atom. The third-order valence-electron chi connectivity index (χ3n) is 1.19. The van der Waals surface area contributed by atoms with Crippen molar-refractivity contribution in [2.75, 3.05) is 0 Å². The van der Waals surface area contributed by atoms with Crippen LogP contribution in [0.1, 0.15) is 13.8 Å². The molecule has 0 aromatic heterocycles. The van der Waals surface area contributed by atoms with Crippen LogP contribution in [0.2, 0.25) is 0 Å². The third-order valence-corrected chi connectivity index (χ3v) is 1.19. The number of carbonyl (C=O) groups is 1. The van der Waals surface area contributed by atoms with Crippen molar-refractivity contribution in [2.24, 2.45) is 0 Å². The smallest absolute Gasteiger partial charge is 0.296 e. The summed E-state index contributed by atoms with van der Waals surface area (Å²) in [6.45, 7) is 0.767. The molecule has 0 saturated heterocycles. The van der Waals surface area contributed by atoms with Crippen molar-refractivity contribution in [2.45, 2.75) is 25.7 Å². The van der Waals surface area contributed by atoms with Crippen LogP contribution in [0.3, 0.4) is 0 Å². The molecule has 0 fully saturated rings. The standard InChI is InChI=1S/C5H6F4O/c1-3(10)4(2,6)5(7,8)9/h1-2H3. The van der Waals surface area contributed by atoms with E-state index in [1.165, 1.54) is 0 Å². The molecular formula is C5H6F4O. The topological polar surface area (TPSA) is 17.1 Å². The molecule has 0 N–H and O–H groups in total. The van der Waals surface area contributed by atoms with Crippen LogP contribution in [-0.4, -0.2) is 17.6 Å². The SMILES string of the molecule is CC(=O)C(C)(F)C(F)(F)F. The second kappa shape index (κ2) is 2.21. The molecule has 0 heterocycles. The summed E-state index contributed by atoms with van der Waals surface area (Å²) in [4.78, 5) is 10.0. The minimum atomic E-state index is -5.10. The van der Waals surface area contributed by atoms with Gasteiger partial charge in [0.1, 0.15) is 0 Å². The van der Waals surface area contributed by atoms with Crippen LogP contribution in [0.25, 0.3) is 0 Å². The van der Waals surface area contributed by atoms with E-state index in [1.54, 1.807) is 0 Å². The zero-order valence-electron chi connectivity index (χ0n) is 5.42. The number of hydrogen-bond acceptors (Lipinski definition) is 1. The lowest BCUT2D eigenvalue weighted by atomic mass is 10.0. The zero-order valence-corrected chi connectivity index (χ0v) is 5.42. The number of rotatable bonds is 1. The van der Waals surface area contributed by atoms with Crippen LogP contribution in [0.15, 0.2) is 0 Å². The van der Waals surface area contributed by atoms with E-state index in [0.717, 1.165) is 0 Å². The van der Waals surface area contributed by atoms with E-state index in [1.807, 2.05) is 0 Å². The van der Waals surface area contributed by atoms with Gasteiger partial charge in [-0.15, -0.1) is 0 Å². The van der Waals surface area contributed by atoms with Crippen LogP contribution in [0.5, 0.6) is 0 Å². The summed E-state index contributed by atoms with van der Waals surface area (Å²) in [5.74, 6) is -1.53. The van der Waals surface area contributed by atoms with Gasteiger partial charge in [0.15, 0.2) is 5.78 Å². The largest absolute Gasteiger partial charge is 0.429 e. The normalized spacial score (nSPS) is 18.2. The van der Waals surface area contributed by atoms with Crippen molar-refractivity contribution < 1.29 is 22.4 Å². The van der Waals surface area contributed by atoms with Crippen LogP contribution in [0, 0.1) is 0 Å². The number of halogens is 4. The molecular weight excluding hydrogens is 152 g/mol. The molecule has 1 atom stereocenters. The second-order valence-corrected chi connectivity index (χ2v) is 2.06. The minimum absolute atomic E-state index is 0.204. The molecule has 0 bridgehead atoms. The number of Topliss-reactive ketones (excluding diaryl/α,β-unsaturated/α-hetero) is 1. The highest BCUT2D eigenvalue weighted by molar-refractivity contribution is 5.85. The van der Waals surface area contributed by atoms with E-state index in [2.05, 4.69) is 0 Å². The highest BCUT2D eigenvalue weighted by Gasteiger charge is 2.55. The lowest BCUT2D eigenvalue weighted by Gasteiger charge is -2.19. The molecule has 10 heavy (non-hydrogen) atoms. The van der Waals surface area contributed by atoms with E-state index < -0.39 is 17.6 Å². The van der Waals surface area contributed by atoms with Gasteiger partial charge in [0, 0.05) is 0 Å². The molecule has 0 radical (unpaired) electrons. The average Bonchev–Trinajstić information content (AvgIpc) is 1.62. The quantitative estimate of drug-likeness (QED) is 0.532. The fourth-order valence-corrected chi connectivity index (χ4v) is 0.200. The maximum atomic E-state index is 12.2. The Bertz CT molecular complexity index is 146. The summed E-state index contributed by atoms with van der Waals surface area (Å²) in [7, 11) is 0. The molecule has 60 valence electrons. The van der Waals surface area contributed by atoms with Gasteiger partial charge in [-0.2, -0.15) is 13.2 Å². The Hall–Kier alpha value is -0.610. The van der Waals surface area contributed by atoms with Crippen LogP contribution < -0.4 is 0 Å². The first-order valence-corrected chi connectivity index (χ1v) is 2.46. The average molecular weight is 158 g/mol. The molecule has 0 spiro atoms. The summed E-state index contributed by atoms with van der Waals surface area (Å²) < 4.78 is 46.7. The van der Waals surface area contributed by atoms with Crippen LogP contribution >= 0.6 is 0 Å². The molecule has 5 heteroatoms. The predicted octanol–water partition coefficient (Wildman–Crippen LogP) is 1.87. The predicted molar refractivity (Wildman–Crippen MR) is 26.2 cm³/mol. The number of hydrogen-bond donors (Lipinski definition) is 0. The monoisotopic (exact) mass is 158 g/mol. The number of carbonyl (C=O) groups excluding carboxylic acids is 1. The zero-order chi connectivity index (χ0) is 8.58. The van der Waals surface area contributed by atoms with Crippen molar-refractivity contribution in [1.29, 1.82) is 0 Å². The fraction of sp³-hybridized carbons (Fsp3) is 0.800. The van der Waals surface area contributed by atoms with Gasteiger partial charge in [0.25, 0.3) is 5.67 Å². The maximum absolute atomic E-state index is 12.2. The molecule has 0 aliphatic carbocycles. The summed E-state index contributed by atoms with van der Waals surface area (Å²) in [5, 5.41) is 0. The van der Waals surface area contributed by atoms with Gasteiger partial charge < -0.3 is 0 Å². The van der Waals surface area contributed by atoms with E-state index in [9.17, 15) is 22.4 Å². The van der Waals surface area contributed by atoms with Crippen molar-refractivity contribution in [1.82, 2.24) is 0 Å². The second-order valence-electron chi connectivity index (χ2n) is 2.06. The summed E-state index contributed by atoms with van der Waals surface area (Å²) in [5.41, 5.74) is -3.70. The summed E-state index contributed by atoms with van der Waals surface area (Å²) in [6, 6.07) is 0. The van der Waals surface area contributed by atoms with E-state index in [-0.39, 0.29) is 6.92 Å². The third kappa shape index (κ3) is 1.46. The summed E-state index contributed by atoms with van der Waals surface area (Å²) in [6.07, 6.45) is -5.10. The fourth-order valence-electron chi connectivity index (χ4n) is 0.200. The van der Waals surface area contributed by atoms with E-state index in [0.29, 0.717) is 6.92 Å². The Kier molecular flexibility index (Phi) is 2.08. The van der Waals surface area contributed by atoms with Crippen molar-refractivity contribution >= 4 is 5.78 Å². The molecule has 1 unspecified atom stereocenters. The Labute approximate surface area is 55.0 Å². The molecule has 0 amide bonds. The minimum Gasteiger partial charge on any atom is -0.296 e. The van der Waals surface area contributed by atoms with Gasteiger partial charge in [0.2, 0.25) is 0 Å². The summed E-state index contributed by atoms with van der Waals surface area (Å²) >= 11 is 0. The Balaban J connectivity index is 4.57. The molecule has 0 aliphatic rings. The lowest BCUT2D eigenvalue weighted by Crippen LogP contribution is -2.43. The first-order valence-electron chi connectivity index (χ1n) is 2.46. The van der Waals surface area contributed by atoms with Crippen LogP contribution in [-0.2, 0) is 4.79 Å². The highest BCUT2D eigenvalue weighted by Crippen LogP contribution is 2.33. The van der Waals surface area contributed by atoms with Gasteiger partial charge in [-0.3, -0.25) is 4.79 Å². The Morgan fingerprint density at radius 2 is 1.50 bits per heavy atom. The molecule has 1 nitrogen and oxygen atoms in total. The van der Waals surface area contributed by atoms with E-state index in [4.69, 9.17) is 0 Å². The van der Waals surface area contributed by atoms with Crippen molar-refractivity contribution in [3.8, 4) is 0 Å². The highest BCUT2D eigenvalue weighted by atomic mass is 19.4. The maximum Gasteiger partial charge on any atom is 0.429 e. The number of alkyl halides is 4. The first-order chi connectivity index (χ1) is 4.19. The molecule has 0 aliphatic heterocycles. The molecule has 0 aromatic carbocycles. The van der Waals surface area contributed by atoms with Crippen LogP contribution in [0.4, 0.5) is 17.6 Å². The van der Waals surface area contributed by atoms with Gasteiger partial charge in [0.05, 0.1) is 0 Å². The van der Waals surface area contributed by atoms with Crippen molar-refractivity contribution in [3.63, 3.8) is 0 Å². The molecule has 0 rings (SSSR count). The van der Waals surface area contributed by atoms with Gasteiger partial charge in [-0.05, 0) is 13.8 Å². The molecule has 0 aromatic rings.